The Morgan fingerprint density at radius 3 is 2.40 bits per heavy atom. The summed E-state index contributed by atoms with van der Waals surface area (Å²) in [5.41, 5.74) is 0. The van der Waals surface area contributed by atoms with Crippen molar-refractivity contribution in [1.29, 1.82) is 0 Å². The van der Waals surface area contributed by atoms with E-state index in [0.717, 1.165) is 26.5 Å². The molecule has 4 heteroatoms. The molecule has 0 aromatic heterocycles. The van der Waals surface area contributed by atoms with Crippen LogP contribution in [0.1, 0.15) is 19.8 Å². The van der Waals surface area contributed by atoms with Crippen molar-refractivity contribution in [2.45, 2.75) is 25.8 Å². The van der Waals surface area contributed by atoms with Gasteiger partial charge in [0, 0.05) is 13.2 Å². The largest absolute Gasteiger partial charge is 0.400 e. The van der Waals surface area contributed by atoms with E-state index in [1.165, 1.54) is 0 Å². The van der Waals surface area contributed by atoms with Crippen LogP contribution < -0.4 is 0 Å². The lowest BCUT2D eigenvalue weighted by Crippen LogP contribution is -2.35. The second kappa shape index (κ2) is 11.2. The first-order valence-corrected chi connectivity index (χ1v) is 4.86. The fourth-order valence-corrected chi connectivity index (χ4v) is 1.60. The molecule has 1 aliphatic rings. The lowest BCUT2D eigenvalue weighted by atomic mass is 10.2. The highest BCUT2D eigenvalue weighted by Crippen LogP contribution is 2.15. The van der Waals surface area contributed by atoms with E-state index in [4.69, 9.17) is 10.2 Å². The van der Waals surface area contributed by atoms with Crippen LogP contribution in [0, 0.1) is 12.8 Å². The topological polar surface area (TPSA) is 60.8 Å². The van der Waals surface area contributed by atoms with Gasteiger partial charge in [0.25, 0.3) is 0 Å². The number of ketones is 1. The fourth-order valence-electron chi connectivity index (χ4n) is 1.60. The highest BCUT2D eigenvalue weighted by molar-refractivity contribution is 5.77. The molecule has 0 aromatic carbocycles. The molecule has 1 atom stereocenters. The van der Waals surface area contributed by atoms with Crippen LogP contribution in [0.15, 0.2) is 0 Å². The second-order valence-electron chi connectivity index (χ2n) is 3.15. The zero-order chi connectivity index (χ0) is 12.3. The van der Waals surface area contributed by atoms with Crippen molar-refractivity contribution in [3.05, 3.63) is 0 Å². The van der Waals surface area contributed by atoms with E-state index in [0.29, 0.717) is 6.54 Å². The first kappa shape index (κ1) is 16.5. The molecule has 2 N–H and O–H groups in total. The average molecular weight is 215 g/mol. The van der Waals surface area contributed by atoms with Crippen molar-refractivity contribution < 1.29 is 15.0 Å². The standard InChI is InChI=1S/C8H15NO2.C2H2.CH4O/c1-7(11)5-9-4-2-3-8(9)6-10;2*1-2/h8,10H,2-6H2,1H3;1-2H;2H,1H3. The third-order valence-corrected chi connectivity index (χ3v) is 2.14. The minimum Gasteiger partial charge on any atom is -0.400 e. The highest BCUT2D eigenvalue weighted by atomic mass is 16.3. The van der Waals surface area contributed by atoms with Crippen LogP contribution in [0.5, 0.6) is 0 Å². The third-order valence-electron chi connectivity index (χ3n) is 2.14. The Balaban J connectivity index is 0. The molecular formula is C11H21NO3. The van der Waals surface area contributed by atoms with Crippen molar-refractivity contribution in [3.8, 4) is 12.8 Å². The van der Waals surface area contributed by atoms with Crippen LogP contribution in [0.2, 0.25) is 0 Å². The van der Waals surface area contributed by atoms with E-state index >= 15 is 0 Å². The maximum atomic E-state index is 10.7. The molecule has 0 amide bonds. The number of aliphatic hydroxyl groups is 2. The van der Waals surface area contributed by atoms with Gasteiger partial charge in [-0.05, 0) is 26.3 Å². The SMILES string of the molecule is C#C.CC(=O)CN1CCCC1CO.CO. The maximum Gasteiger partial charge on any atom is 0.143 e. The van der Waals surface area contributed by atoms with Gasteiger partial charge in [0.05, 0.1) is 13.2 Å². The predicted molar refractivity (Wildman–Crippen MR) is 60.4 cm³/mol. The van der Waals surface area contributed by atoms with Crippen LogP contribution in [-0.2, 0) is 4.79 Å². The molecule has 1 unspecified atom stereocenters. The average Bonchev–Trinajstić information content (AvgIpc) is 2.70. The molecule has 88 valence electrons. The van der Waals surface area contributed by atoms with Gasteiger partial charge in [0.1, 0.15) is 5.78 Å². The summed E-state index contributed by atoms with van der Waals surface area (Å²) in [5.74, 6) is 0.186. The van der Waals surface area contributed by atoms with Crippen LogP contribution in [0.4, 0.5) is 0 Å². The van der Waals surface area contributed by atoms with Crippen LogP contribution in [-0.4, -0.2) is 53.7 Å². The number of aliphatic hydroxyl groups excluding tert-OH is 2. The van der Waals surface area contributed by atoms with E-state index < -0.39 is 0 Å². The molecule has 4 nitrogen and oxygen atoms in total. The summed E-state index contributed by atoms with van der Waals surface area (Å²) in [6.07, 6.45) is 10.1. The molecule has 0 spiro atoms. The first-order valence-electron chi connectivity index (χ1n) is 4.86. The highest BCUT2D eigenvalue weighted by Gasteiger charge is 2.23. The summed E-state index contributed by atoms with van der Waals surface area (Å²) in [6, 6.07) is 0.235. The molecule has 1 aliphatic heterocycles. The molecule has 0 aromatic rings. The van der Waals surface area contributed by atoms with Crippen LogP contribution in [0.25, 0.3) is 0 Å². The van der Waals surface area contributed by atoms with Gasteiger partial charge < -0.3 is 10.2 Å². The van der Waals surface area contributed by atoms with Gasteiger partial charge in [0.2, 0.25) is 0 Å². The molecule has 0 bridgehead atoms. The number of likely N-dealkylation sites (tertiary alicyclic amines) is 1. The number of carbonyl (C=O) groups excluding carboxylic acids is 1. The molecule has 15 heavy (non-hydrogen) atoms. The van der Waals surface area contributed by atoms with Crippen LogP contribution in [0.3, 0.4) is 0 Å². The summed E-state index contributed by atoms with van der Waals surface area (Å²) >= 11 is 0. The van der Waals surface area contributed by atoms with Gasteiger partial charge in [-0.2, -0.15) is 0 Å². The Bertz CT molecular complexity index is 180. The van der Waals surface area contributed by atoms with Gasteiger partial charge in [0.15, 0.2) is 0 Å². The number of hydrogen-bond donors (Lipinski definition) is 2. The first-order chi connectivity index (χ1) is 7.24. The van der Waals surface area contributed by atoms with Crippen molar-refractivity contribution in [2.24, 2.45) is 0 Å². The normalized spacial score (nSPS) is 19.5. The molecule has 1 heterocycles. The van der Waals surface area contributed by atoms with Gasteiger partial charge in [-0.1, -0.05) is 0 Å². The zero-order valence-corrected chi connectivity index (χ0v) is 9.52. The summed E-state index contributed by atoms with van der Waals surface area (Å²) in [6.45, 7) is 3.25. The minimum absolute atomic E-state index is 0.186. The Morgan fingerprint density at radius 1 is 1.47 bits per heavy atom. The van der Waals surface area contributed by atoms with E-state index in [1.54, 1.807) is 6.92 Å². The Kier molecular flexibility index (Phi) is 12.3. The molecular weight excluding hydrogens is 194 g/mol. The van der Waals surface area contributed by atoms with E-state index in [9.17, 15) is 4.79 Å². The Hall–Kier alpha value is -0.890. The number of carbonyl (C=O) groups is 1. The smallest absolute Gasteiger partial charge is 0.143 e. The lowest BCUT2D eigenvalue weighted by molar-refractivity contribution is -0.118. The molecule has 1 fully saturated rings. The summed E-state index contributed by atoms with van der Waals surface area (Å²) in [4.78, 5) is 12.8. The van der Waals surface area contributed by atoms with Gasteiger partial charge in [-0.25, -0.2) is 0 Å². The van der Waals surface area contributed by atoms with Crippen molar-refractivity contribution in [1.82, 2.24) is 4.90 Å². The van der Waals surface area contributed by atoms with Crippen molar-refractivity contribution >= 4 is 5.78 Å². The number of Topliss-reactive ketones (excluding diaryl/α,β-unsaturated/α-hetero) is 1. The van der Waals surface area contributed by atoms with E-state index in [2.05, 4.69) is 17.7 Å². The Morgan fingerprint density at radius 2 is 2.00 bits per heavy atom. The molecule has 1 rings (SSSR count). The second-order valence-corrected chi connectivity index (χ2v) is 3.15. The van der Waals surface area contributed by atoms with Gasteiger partial charge in [-0.3, -0.25) is 9.69 Å². The monoisotopic (exact) mass is 215 g/mol. The maximum absolute atomic E-state index is 10.7. The lowest BCUT2D eigenvalue weighted by Gasteiger charge is -2.20. The van der Waals surface area contributed by atoms with Crippen molar-refractivity contribution in [3.63, 3.8) is 0 Å². The van der Waals surface area contributed by atoms with Crippen molar-refractivity contribution in [2.75, 3.05) is 26.8 Å². The van der Waals surface area contributed by atoms with E-state index in [1.807, 2.05) is 0 Å². The predicted octanol–water partition coefficient (Wildman–Crippen LogP) is -0.110. The van der Waals surface area contributed by atoms with E-state index in [-0.39, 0.29) is 18.4 Å². The summed E-state index contributed by atoms with van der Waals surface area (Å²) in [7, 11) is 1.00. The Labute approximate surface area is 91.9 Å². The number of nitrogens with zero attached hydrogens (tertiary/aromatic N) is 1. The molecule has 0 aliphatic carbocycles. The zero-order valence-electron chi connectivity index (χ0n) is 9.52. The molecule has 1 saturated heterocycles. The number of hydrogen-bond acceptors (Lipinski definition) is 4. The van der Waals surface area contributed by atoms with Gasteiger partial charge in [-0.15, -0.1) is 12.8 Å². The summed E-state index contributed by atoms with van der Waals surface area (Å²) in [5, 5.41) is 15.9. The number of rotatable bonds is 3. The van der Waals surface area contributed by atoms with Gasteiger partial charge >= 0.3 is 0 Å². The molecule has 0 saturated carbocycles. The fraction of sp³-hybridized carbons (Fsp3) is 0.727. The van der Waals surface area contributed by atoms with Crippen LogP contribution >= 0.6 is 0 Å². The number of terminal acetylenes is 1. The molecule has 0 radical (unpaired) electrons. The third kappa shape index (κ3) is 7.09. The quantitative estimate of drug-likeness (QED) is 0.645. The minimum atomic E-state index is 0.186. The summed E-state index contributed by atoms with van der Waals surface area (Å²) < 4.78 is 0.